The van der Waals surface area contributed by atoms with Crippen molar-refractivity contribution < 1.29 is 9.69 Å². The molecule has 1 fully saturated rings. The van der Waals surface area contributed by atoms with E-state index in [-0.39, 0.29) is 5.91 Å². The van der Waals surface area contributed by atoms with Gasteiger partial charge in [0.1, 0.15) is 0 Å². The Morgan fingerprint density at radius 3 is 2.62 bits per heavy atom. The number of nitrogens with one attached hydrogen (secondary N) is 2. The SMILES string of the molecule is Cc1ccccc1N1CC[NH+](CC(=O)Nc2cccc(Br)c2)CC1. The van der Waals surface area contributed by atoms with Crippen LogP contribution in [0.4, 0.5) is 11.4 Å². The summed E-state index contributed by atoms with van der Waals surface area (Å²) >= 11 is 3.42. The monoisotopic (exact) mass is 388 g/mol. The lowest BCUT2D eigenvalue weighted by atomic mass is 10.1. The van der Waals surface area contributed by atoms with Gasteiger partial charge in [-0.25, -0.2) is 0 Å². The number of aryl methyl sites for hydroxylation is 1. The number of hydrogen-bond acceptors (Lipinski definition) is 2. The summed E-state index contributed by atoms with van der Waals surface area (Å²) in [4.78, 5) is 16.0. The van der Waals surface area contributed by atoms with Crippen LogP contribution in [0.15, 0.2) is 53.0 Å². The predicted molar refractivity (Wildman–Crippen MR) is 102 cm³/mol. The summed E-state index contributed by atoms with van der Waals surface area (Å²) in [7, 11) is 0. The first-order valence-corrected chi connectivity index (χ1v) is 9.11. The van der Waals surface area contributed by atoms with Gasteiger partial charge in [-0.3, -0.25) is 4.79 Å². The van der Waals surface area contributed by atoms with Crippen LogP contribution in [-0.2, 0) is 4.79 Å². The van der Waals surface area contributed by atoms with E-state index in [2.05, 4.69) is 57.3 Å². The fourth-order valence-electron chi connectivity index (χ4n) is 3.16. The Hall–Kier alpha value is -1.85. The molecule has 4 nitrogen and oxygen atoms in total. The van der Waals surface area contributed by atoms with Crippen LogP contribution in [0.2, 0.25) is 0 Å². The minimum absolute atomic E-state index is 0.0763. The maximum Gasteiger partial charge on any atom is 0.279 e. The molecular weight excluding hydrogens is 366 g/mol. The average Bonchev–Trinajstić information content (AvgIpc) is 2.56. The number of hydrogen-bond donors (Lipinski definition) is 2. The Balaban J connectivity index is 1.50. The molecule has 2 N–H and O–H groups in total. The number of carbonyl (C=O) groups is 1. The zero-order valence-corrected chi connectivity index (χ0v) is 15.5. The van der Waals surface area contributed by atoms with Crippen LogP contribution in [0.3, 0.4) is 0 Å². The van der Waals surface area contributed by atoms with Crippen molar-refractivity contribution in [2.75, 3.05) is 42.9 Å². The first-order chi connectivity index (χ1) is 11.6. The Bertz CT molecular complexity index is 711. The number of halogens is 1. The predicted octanol–water partition coefficient (Wildman–Crippen LogP) is 2.10. The molecule has 3 rings (SSSR count). The van der Waals surface area contributed by atoms with Crippen molar-refractivity contribution >= 4 is 33.2 Å². The molecular formula is C19H23BrN3O+. The second-order valence-electron chi connectivity index (χ2n) is 6.26. The Morgan fingerprint density at radius 1 is 1.17 bits per heavy atom. The quantitative estimate of drug-likeness (QED) is 0.841. The van der Waals surface area contributed by atoms with Gasteiger partial charge in [0.25, 0.3) is 5.91 Å². The minimum Gasteiger partial charge on any atom is -0.360 e. The summed E-state index contributed by atoms with van der Waals surface area (Å²) in [5.74, 6) is 0.0763. The van der Waals surface area contributed by atoms with Gasteiger partial charge in [0.15, 0.2) is 6.54 Å². The van der Waals surface area contributed by atoms with E-state index in [0.29, 0.717) is 6.54 Å². The first-order valence-electron chi connectivity index (χ1n) is 8.31. The van der Waals surface area contributed by atoms with Crippen LogP contribution in [0.25, 0.3) is 0 Å². The van der Waals surface area contributed by atoms with Gasteiger partial charge in [0.05, 0.1) is 26.2 Å². The van der Waals surface area contributed by atoms with E-state index in [0.717, 1.165) is 36.3 Å². The normalized spacial score (nSPS) is 15.3. The average molecular weight is 389 g/mol. The second kappa shape index (κ2) is 7.81. The van der Waals surface area contributed by atoms with Gasteiger partial charge < -0.3 is 15.1 Å². The molecule has 0 radical (unpaired) electrons. The molecule has 1 amide bonds. The number of quaternary nitrogens is 1. The summed E-state index contributed by atoms with van der Waals surface area (Å²) in [5, 5.41) is 2.98. The van der Waals surface area contributed by atoms with Crippen molar-refractivity contribution in [1.82, 2.24) is 0 Å². The number of para-hydroxylation sites is 1. The third-order valence-electron chi connectivity index (χ3n) is 4.45. The zero-order valence-electron chi connectivity index (χ0n) is 13.9. The molecule has 0 atom stereocenters. The number of amides is 1. The second-order valence-corrected chi connectivity index (χ2v) is 7.17. The molecule has 0 bridgehead atoms. The fraction of sp³-hybridized carbons (Fsp3) is 0.316. The van der Waals surface area contributed by atoms with Crippen molar-refractivity contribution in [2.24, 2.45) is 0 Å². The van der Waals surface area contributed by atoms with Gasteiger partial charge in [-0.1, -0.05) is 40.2 Å². The molecule has 0 unspecified atom stereocenters. The summed E-state index contributed by atoms with van der Waals surface area (Å²) in [5.41, 5.74) is 3.47. The van der Waals surface area contributed by atoms with Crippen LogP contribution in [0.1, 0.15) is 5.56 Å². The number of anilines is 2. The molecule has 2 aromatic rings. The molecule has 0 aliphatic carbocycles. The number of benzene rings is 2. The molecule has 5 heteroatoms. The Morgan fingerprint density at radius 2 is 1.92 bits per heavy atom. The molecule has 1 aliphatic heterocycles. The maximum atomic E-state index is 12.2. The maximum absolute atomic E-state index is 12.2. The number of rotatable bonds is 4. The summed E-state index contributed by atoms with van der Waals surface area (Å²) in [6.07, 6.45) is 0. The Kier molecular flexibility index (Phi) is 5.53. The fourth-order valence-corrected chi connectivity index (χ4v) is 3.56. The first kappa shape index (κ1) is 17.0. The van der Waals surface area contributed by atoms with E-state index in [4.69, 9.17) is 0 Å². The van der Waals surface area contributed by atoms with E-state index >= 15 is 0 Å². The number of nitrogens with zero attached hydrogens (tertiary/aromatic N) is 1. The third kappa shape index (κ3) is 4.36. The molecule has 1 saturated heterocycles. The molecule has 0 spiro atoms. The highest BCUT2D eigenvalue weighted by atomic mass is 79.9. The highest BCUT2D eigenvalue weighted by molar-refractivity contribution is 9.10. The highest BCUT2D eigenvalue weighted by Gasteiger charge is 2.23. The van der Waals surface area contributed by atoms with Crippen molar-refractivity contribution in [1.29, 1.82) is 0 Å². The molecule has 0 saturated carbocycles. The van der Waals surface area contributed by atoms with Gasteiger partial charge in [-0.2, -0.15) is 0 Å². The van der Waals surface area contributed by atoms with Crippen LogP contribution in [0.5, 0.6) is 0 Å². The standard InChI is InChI=1S/C19H22BrN3O/c1-15-5-2-3-8-18(15)23-11-9-22(10-12-23)14-19(24)21-17-7-4-6-16(20)13-17/h2-8,13H,9-12,14H2,1H3,(H,21,24)/p+1. The lowest BCUT2D eigenvalue weighted by Gasteiger charge is -2.34. The van der Waals surface area contributed by atoms with Gasteiger partial charge >= 0.3 is 0 Å². The largest absolute Gasteiger partial charge is 0.360 e. The van der Waals surface area contributed by atoms with Crippen LogP contribution >= 0.6 is 15.9 Å². The summed E-state index contributed by atoms with van der Waals surface area (Å²) in [6, 6.07) is 16.2. The van der Waals surface area contributed by atoms with E-state index in [1.807, 2.05) is 24.3 Å². The molecule has 126 valence electrons. The summed E-state index contributed by atoms with van der Waals surface area (Å²) < 4.78 is 0.972. The molecule has 2 aromatic carbocycles. The Labute approximate surface area is 151 Å². The van der Waals surface area contributed by atoms with E-state index in [1.54, 1.807) is 0 Å². The van der Waals surface area contributed by atoms with Crippen LogP contribution in [0, 0.1) is 6.92 Å². The van der Waals surface area contributed by atoms with Gasteiger partial charge in [0, 0.05) is 15.8 Å². The van der Waals surface area contributed by atoms with Gasteiger partial charge in [0.2, 0.25) is 0 Å². The van der Waals surface area contributed by atoms with Gasteiger partial charge in [-0.05, 0) is 36.8 Å². The molecule has 1 heterocycles. The minimum atomic E-state index is 0.0763. The number of carbonyl (C=O) groups excluding carboxylic acids is 1. The molecule has 0 aromatic heterocycles. The van der Waals surface area contributed by atoms with Crippen molar-refractivity contribution in [3.05, 3.63) is 58.6 Å². The van der Waals surface area contributed by atoms with E-state index in [1.165, 1.54) is 16.2 Å². The lowest BCUT2D eigenvalue weighted by molar-refractivity contribution is -0.892. The van der Waals surface area contributed by atoms with Crippen molar-refractivity contribution in [2.45, 2.75) is 6.92 Å². The van der Waals surface area contributed by atoms with E-state index in [9.17, 15) is 4.79 Å². The summed E-state index contributed by atoms with van der Waals surface area (Å²) in [6.45, 7) is 6.63. The van der Waals surface area contributed by atoms with Crippen molar-refractivity contribution in [3.63, 3.8) is 0 Å². The van der Waals surface area contributed by atoms with Crippen LogP contribution in [-0.4, -0.2) is 38.6 Å². The zero-order chi connectivity index (χ0) is 16.9. The highest BCUT2D eigenvalue weighted by Crippen LogP contribution is 2.19. The topological polar surface area (TPSA) is 36.8 Å². The molecule has 24 heavy (non-hydrogen) atoms. The third-order valence-corrected chi connectivity index (χ3v) is 4.94. The van der Waals surface area contributed by atoms with Crippen molar-refractivity contribution in [3.8, 4) is 0 Å². The number of piperazine rings is 1. The van der Waals surface area contributed by atoms with Gasteiger partial charge in [-0.15, -0.1) is 0 Å². The molecule has 1 aliphatic rings. The van der Waals surface area contributed by atoms with Crippen LogP contribution < -0.4 is 15.1 Å². The van der Waals surface area contributed by atoms with E-state index < -0.39 is 0 Å². The lowest BCUT2D eigenvalue weighted by Crippen LogP contribution is -3.15. The smallest absolute Gasteiger partial charge is 0.279 e.